The van der Waals surface area contributed by atoms with Gasteiger partial charge in [-0.05, 0) is 44.6 Å². The van der Waals surface area contributed by atoms with Crippen LogP contribution in [0, 0.1) is 0 Å². The Morgan fingerprint density at radius 3 is 2.77 bits per heavy atom. The summed E-state index contributed by atoms with van der Waals surface area (Å²) in [7, 11) is 1.98. The van der Waals surface area contributed by atoms with Crippen LogP contribution in [-0.2, 0) is 29.4 Å². The lowest BCUT2D eigenvalue weighted by atomic mass is 9.89. The molecule has 0 aromatic carbocycles. The zero-order valence-electron chi connectivity index (χ0n) is 17.5. The maximum atomic E-state index is 12.6. The molecular formula is C21H28N4O3S2. The normalized spacial score (nSPS) is 16.5. The number of aryl methyl sites for hydroxylation is 1. The van der Waals surface area contributed by atoms with Gasteiger partial charge in [0.2, 0.25) is 5.91 Å². The molecule has 1 saturated carbocycles. The number of aromatic nitrogens is 3. The first-order valence-electron chi connectivity index (χ1n) is 10.7. The minimum absolute atomic E-state index is 0.146. The van der Waals surface area contributed by atoms with Crippen LogP contribution in [0.25, 0.3) is 0 Å². The summed E-state index contributed by atoms with van der Waals surface area (Å²) in [6.07, 6.45) is 9.00. The van der Waals surface area contributed by atoms with Gasteiger partial charge in [-0.1, -0.05) is 31.0 Å². The van der Waals surface area contributed by atoms with E-state index in [-0.39, 0.29) is 17.6 Å². The van der Waals surface area contributed by atoms with Crippen molar-refractivity contribution in [1.29, 1.82) is 0 Å². The first-order valence-corrected chi connectivity index (χ1v) is 12.5. The number of rotatable bonds is 7. The van der Waals surface area contributed by atoms with Gasteiger partial charge >= 0.3 is 5.97 Å². The molecule has 1 amide bonds. The van der Waals surface area contributed by atoms with Crippen LogP contribution >= 0.6 is 23.1 Å². The van der Waals surface area contributed by atoms with E-state index in [1.807, 2.05) is 11.6 Å². The smallest absolute Gasteiger partial charge is 0.341 e. The Labute approximate surface area is 185 Å². The van der Waals surface area contributed by atoms with Crippen molar-refractivity contribution in [3.05, 3.63) is 21.8 Å². The van der Waals surface area contributed by atoms with Crippen LogP contribution in [0.5, 0.6) is 0 Å². The molecule has 2 aromatic rings. The Bertz CT molecular complexity index is 931. The molecule has 9 heteroatoms. The number of nitrogens with one attached hydrogen (secondary N) is 1. The Morgan fingerprint density at radius 1 is 1.20 bits per heavy atom. The fourth-order valence-electron chi connectivity index (χ4n) is 4.37. The summed E-state index contributed by atoms with van der Waals surface area (Å²) in [5.74, 6) is 1.23. The summed E-state index contributed by atoms with van der Waals surface area (Å²) in [6, 6.07) is 0. The largest absolute Gasteiger partial charge is 0.462 e. The van der Waals surface area contributed by atoms with Crippen molar-refractivity contribution in [2.24, 2.45) is 7.05 Å². The molecular weight excluding hydrogens is 420 g/mol. The fraction of sp³-hybridized carbons (Fsp3) is 0.619. The molecule has 1 fully saturated rings. The van der Waals surface area contributed by atoms with Crippen molar-refractivity contribution >= 4 is 40.0 Å². The molecule has 2 aliphatic carbocycles. The number of esters is 1. The van der Waals surface area contributed by atoms with E-state index in [4.69, 9.17) is 4.74 Å². The summed E-state index contributed by atoms with van der Waals surface area (Å²) in [5, 5.41) is 13.0. The van der Waals surface area contributed by atoms with Crippen molar-refractivity contribution in [2.75, 3.05) is 17.7 Å². The zero-order chi connectivity index (χ0) is 21.1. The molecule has 30 heavy (non-hydrogen) atoms. The Balaban J connectivity index is 1.40. The highest BCUT2D eigenvalue weighted by Gasteiger charge is 2.28. The van der Waals surface area contributed by atoms with Crippen LogP contribution in [0.2, 0.25) is 0 Å². The van der Waals surface area contributed by atoms with Gasteiger partial charge in [0.1, 0.15) is 10.8 Å². The van der Waals surface area contributed by atoms with Crippen molar-refractivity contribution in [2.45, 2.75) is 69.4 Å². The highest BCUT2D eigenvalue weighted by Crippen LogP contribution is 2.39. The number of thioether (sulfide) groups is 1. The molecule has 2 aromatic heterocycles. The number of nitrogens with zero attached hydrogens (tertiary/aromatic N) is 3. The molecule has 7 nitrogen and oxygen atoms in total. The van der Waals surface area contributed by atoms with E-state index in [0.29, 0.717) is 23.1 Å². The lowest BCUT2D eigenvalue weighted by Gasteiger charge is -2.20. The third kappa shape index (κ3) is 4.42. The summed E-state index contributed by atoms with van der Waals surface area (Å²) >= 11 is 2.88. The summed E-state index contributed by atoms with van der Waals surface area (Å²) in [6.45, 7) is 2.12. The Hall–Kier alpha value is -1.87. The van der Waals surface area contributed by atoms with Crippen LogP contribution in [0.15, 0.2) is 5.16 Å². The number of anilines is 1. The second kappa shape index (κ2) is 9.51. The van der Waals surface area contributed by atoms with Crippen molar-refractivity contribution in [1.82, 2.24) is 14.8 Å². The van der Waals surface area contributed by atoms with Gasteiger partial charge in [0.05, 0.1) is 17.9 Å². The Kier molecular flexibility index (Phi) is 6.77. The molecule has 2 heterocycles. The molecule has 0 aliphatic heterocycles. The lowest BCUT2D eigenvalue weighted by Crippen LogP contribution is -2.17. The van der Waals surface area contributed by atoms with Crippen LogP contribution in [0.3, 0.4) is 0 Å². The van der Waals surface area contributed by atoms with Crippen LogP contribution in [0.4, 0.5) is 5.00 Å². The van der Waals surface area contributed by atoms with Gasteiger partial charge in [-0.3, -0.25) is 4.79 Å². The number of hydrogen-bond donors (Lipinski definition) is 1. The molecule has 0 saturated heterocycles. The highest BCUT2D eigenvalue weighted by molar-refractivity contribution is 7.99. The van der Waals surface area contributed by atoms with E-state index in [9.17, 15) is 9.59 Å². The summed E-state index contributed by atoms with van der Waals surface area (Å²) < 4.78 is 7.25. The number of ether oxygens (including phenoxy) is 1. The molecule has 0 unspecified atom stereocenters. The average molecular weight is 449 g/mol. The number of thiophene rings is 1. The number of carbonyl (C=O) groups is 2. The molecule has 1 N–H and O–H groups in total. The molecule has 0 spiro atoms. The van der Waals surface area contributed by atoms with E-state index in [1.165, 1.54) is 47.2 Å². The second-order valence-electron chi connectivity index (χ2n) is 7.85. The quantitative estimate of drug-likeness (QED) is 0.501. The topological polar surface area (TPSA) is 86.1 Å². The van der Waals surface area contributed by atoms with Gasteiger partial charge < -0.3 is 14.6 Å². The van der Waals surface area contributed by atoms with Gasteiger partial charge in [-0.15, -0.1) is 21.5 Å². The lowest BCUT2D eigenvalue weighted by molar-refractivity contribution is -0.113. The highest BCUT2D eigenvalue weighted by atomic mass is 32.2. The van der Waals surface area contributed by atoms with Crippen LogP contribution < -0.4 is 5.32 Å². The standard InChI is InChI=1S/C21H28N4O3S2/c1-3-28-20(27)17-14-10-7-11-15(14)30-19(17)22-16(26)12-29-21-24-23-18(25(21)2)13-8-5-4-6-9-13/h13H,3-12H2,1-2H3,(H,22,26). The molecule has 0 bridgehead atoms. The molecule has 162 valence electrons. The van der Waals surface area contributed by atoms with Crippen LogP contribution in [0.1, 0.15) is 78.0 Å². The van der Waals surface area contributed by atoms with E-state index in [1.54, 1.807) is 6.92 Å². The van der Waals surface area contributed by atoms with Crippen molar-refractivity contribution < 1.29 is 14.3 Å². The third-order valence-corrected chi connectivity index (χ3v) is 8.05. The predicted octanol–water partition coefficient (Wildman–Crippen LogP) is 4.32. The molecule has 0 atom stereocenters. The van der Waals surface area contributed by atoms with E-state index in [2.05, 4.69) is 15.5 Å². The maximum absolute atomic E-state index is 12.6. The minimum Gasteiger partial charge on any atom is -0.462 e. The van der Waals surface area contributed by atoms with Crippen molar-refractivity contribution in [3.8, 4) is 0 Å². The minimum atomic E-state index is -0.342. The molecule has 4 rings (SSSR count). The van der Waals surface area contributed by atoms with Gasteiger partial charge in [0.25, 0.3) is 0 Å². The number of fused-ring (bicyclic) bond motifs is 1. The molecule has 0 radical (unpaired) electrons. The van der Waals surface area contributed by atoms with E-state index in [0.717, 1.165) is 48.6 Å². The van der Waals surface area contributed by atoms with E-state index >= 15 is 0 Å². The number of hydrogen-bond acceptors (Lipinski definition) is 7. The number of amides is 1. The van der Waals surface area contributed by atoms with Gasteiger partial charge in [0.15, 0.2) is 5.16 Å². The number of carbonyl (C=O) groups excluding carboxylic acids is 2. The zero-order valence-corrected chi connectivity index (χ0v) is 19.2. The van der Waals surface area contributed by atoms with Gasteiger partial charge in [-0.2, -0.15) is 0 Å². The Morgan fingerprint density at radius 2 is 2.00 bits per heavy atom. The molecule has 2 aliphatic rings. The third-order valence-electron chi connectivity index (χ3n) is 5.83. The second-order valence-corrected chi connectivity index (χ2v) is 9.90. The van der Waals surface area contributed by atoms with E-state index < -0.39 is 0 Å². The van der Waals surface area contributed by atoms with Gasteiger partial charge in [-0.25, -0.2) is 4.79 Å². The average Bonchev–Trinajstić information content (AvgIpc) is 3.42. The fourth-order valence-corrected chi connectivity index (χ4v) is 6.38. The summed E-state index contributed by atoms with van der Waals surface area (Å²) in [5.41, 5.74) is 1.60. The first kappa shape index (κ1) is 21.4. The monoisotopic (exact) mass is 448 g/mol. The maximum Gasteiger partial charge on any atom is 0.341 e. The van der Waals surface area contributed by atoms with Crippen molar-refractivity contribution in [3.63, 3.8) is 0 Å². The summed E-state index contributed by atoms with van der Waals surface area (Å²) in [4.78, 5) is 26.3. The van der Waals surface area contributed by atoms with Gasteiger partial charge in [0, 0.05) is 17.8 Å². The first-order chi connectivity index (χ1) is 14.6. The predicted molar refractivity (Wildman–Crippen MR) is 118 cm³/mol. The SMILES string of the molecule is CCOC(=O)c1c(NC(=O)CSc2nnc(C3CCCCC3)n2C)sc2c1CCC2. The van der Waals surface area contributed by atoms with Crippen LogP contribution in [-0.4, -0.2) is 39.0 Å².